The number of aryl methyl sites for hydroxylation is 1. The molecule has 30 heavy (non-hydrogen) atoms. The van der Waals surface area contributed by atoms with Gasteiger partial charge in [0.05, 0.1) is 22.5 Å². The van der Waals surface area contributed by atoms with Gasteiger partial charge in [0.15, 0.2) is 5.76 Å². The maximum absolute atomic E-state index is 11.6. The van der Waals surface area contributed by atoms with E-state index in [2.05, 4.69) is 39.8 Å². The second-order valence-electron chi connectivity index (χ2n) is 7.86. The topological polar surface area (TPSA) is 90.4 Å². The number of nitrogens with zero attached hydrogens (tertiary/aromatic N) is 3. The fraction of sp³-hybridized carbons (Fsp3) is 0.429. The summed E-state index contributed by atoms with van der Waals surface area (Å²) >= 11 is 1.62. The van der Waals surface area contributed by atoms with Gasteiger partial charge in [-0.3, -0.25) is 4.90 Å². The summed E-state index contributed by atoms with van der Waals surface area (Å²) in [4.78, 5) is 29.6. The summed E-state index contributed by atoms with van der Waals surface area (Å²) in [6.45, 7) is 7.87. The molecule has 2 fully saturated rings. The van der Waals surface area contributed by atoms with Gasteiger partial charge in [-0.2, -0.15) is 0 Å². The fourth-order valence-corrected chi connectivity index (χ4v) is 5.51. The van der Waals surface area contributed by atoms with Crippen LogP contribution in [0.25, 0.3) is 0 Å². The average molecular weight is 429 g/mol. The minimum Gasteiger partial charge on any atom is -0.478 e. The van der Waals surface area contributed by atoms with Gasteiger partial charge >= 0.3 is 11.8 Å². The number of hydrogen-bond acceptors (Lipinski definition) is 8. The van der Waals surface area contributed by atoms with Gasteiger partial charge < -0.3 is 23.7 Å². The number of benzene rings is 1. The Morgan fingerprint density at radius 3 is 2.63 bits per heavy atom. The normalized spacial score (nSPS) is 21.3. The van der Waals surface area contributed by atoms with Crippen molar-refractivity contribution < 1.29 is 18.7 Å². The number of fused-ring (bicyclic) bond motifs is 3. The number of anilines is 2. The molecule has 1 aromatic carbocycles. The first-order valence-corrected chi connectivity index (χ1v) is 10.9. The first-order chi connectivity index (χ1) is 14.4. The number of piperazine rings is 1. The average Bonchev–Trinajstić information content (AvgIpc) is 3.02. The second-order valence-corrected chi connectivity index (χ2v) is 9.17. The van der Waals surface area contributed by atoms with Crippen LogP contribution in [-0.2, 0) is 17.8 Å². The highest BCUT2D eigenvalue weighted by Crippen LogP contribution is 2.51. The molecule has 2 aromatic rings. The van der Waals surface area contributed by atoms with Gasteiger partial charge in [-0.15, -0.1) is 0 Å². The van der Waals surface area contributed by atoms with Crippen molar-refractivity contribution in [1.29, 1.82) is 0 Å². The number of carboxylic acids is 1. The number of rotatable bonds is 4. The lowest BCUT2D eigenvalue weighted by Crippen LogP contribution is -2.46. The standard InChI is InChI=1S/C21H23N3O5S/c1-12-18(29-21(27)28-12)11-22-5-7-23(8-6-22)15-4-3-14-9-16(20(25)26)19-24(13(2)30-19)17(14)10-15/h3-4,10,13H,5-9,11H2,1-2H3,(H,25,26). The number of thioether (sulfide) groups is 1. The van der Waals surface area contributed by atoms with Crippen LogP contribution < -0.4 is 15.6 Å². The highest BCUT2D eigenvalue weighted by Gasteiger charge is 2.40. The van der Waals surface area contributed by atoms with Crippen LogP contribution in [0.3, 0.4) is 0 Å². The van der Waals surface area contributed by atoms with Gasteiger partial charge in [-0.1, -0.05) is 17.8 Å². The molecule has 1 unspecified atom stereocenters. The molecule has 0 bridgehead atoms. The first kappa shape index (κ1) is 19.3. The SMILES string of the molecule is Cc1oc(=O)oc1CN1CCN(c2ccc3c(c2)N2C(=C(C(=O)O)C3)SC2C)CC1. The molecule has 1 atom stereocenters. The highest BCUT2D eigenvalue weighted by atomic mass is 32.2. The summed E-state index contributed by atoms with van der Waals surface area (Å²) < 4.78 is 10.1. The molecule has 1 N–H and O–H groups in total. The molecule has 0 amide bonds. The number of carbonyl (C=O) groups is 1. The minimum atomic E-state index is -0.830. The van der Waals surface area contributed by atoms with Crippen molar-refractivity contribution in [2.45, 2.75) is 32.2 Å². The molecule has 158 valence electrons. The molecule has 5 rings (SSSR count). The van der Waals surface area contributed by atoms with Gasteiger partial charge in [0.25, 0.3) is 0 Å². The largest absolute Gasteiger partial charge is 0.519 e. The van der Waals surface area contributed by atoms with Crippen LogP contribution in [0.15, 0.2) is 42.4 Å². The van der Waals surface area contributed by atoms with E-state index in [4.69, 9.17) is 8.83 Å². The molecule has 3 aliphatic rings. The Morgan fingerprint density at radius 1 is 1.23 bits per heavy atom. The van der Waals surface area contributed by atoms with Crippen molar-refractivity contribution in [3.05, 3.63) is 56.5 Å². The summed E-state index contributed by atoms with van der Waals surface area (Å²) in [5.41, 5.74) is 3.84. The Labute approximate surface area is 177 Å². The molecule has 1 aromatic heterocycles. The van der Waals surface area contributed by atoms with E-state index in [1.54, 1.807) is 18.7 Å². The zero-order valence-electron chi connectivity index (χ0n) is 16.9. The minimum absolute atomic E-state index is 0.244. The van der Waals surface area contributed by atoms with Crippen LogP contribution in [0, 0.1) is 6.92 Å². The molecule has 9 heteroatoms. The quantitative estimate of drug-likeness (QED) is 0.787. The van der Waals surface area contributed by atoms with E-state index in [1.165, 1.54) is 0 Å². The summed E-state index contributed by atoms with van der Waals surface area (Å²) in [7, 11) is 0. The highest BCUT2D eigenvalue weighted by molar-refractivity contribution is 8.05. The molecule has 8 nitrogen and oxygen atoms in total. The first-order valence-electron chi connectivity index (χ1n) is 10.0. The summed E-state index contributed by atoms with van der Waals surface area (Å²) in [5.74, 6) is -0.333. The molecule has 0 radical (unpaired) electrons. The second kappa shape index (κ2) is 7.24. The Morgan fingerprint density at radius 2 is 2.00 bits per heavy atom. The Kier molecular flexibility index (Phi) is 4.67. The molecule has 0 aliphatic carbocycles. The van der Waals surface area contributed by atoms with E-state index in [1.807, 2.05) is 0 Å². The molecular formula is C21H23N3O5S. The maximum Gasteiger partial charge on any atom is 0.519 e. The molecule has 4 heterocycles. The molecule has 0 saturated carbocycles. The third-order valence-corrected chi connectivity index (χ3v) is 7.24. The van der Waals surface area contributed by atoms with Gasteiger partial charge in [-0.05, 0) is 31.5 Å². The van der Waals surface area contributed by atoms with E-state index >= 15 is 0 Å². The number of carboxylic acid groups (broad SMARTS) is 1. The smallest absolute Gasteiger partial charge is 0.478 e. The van der Waals surface area contributed by atoms with Crippen molar-refractivity contribution in [3.63, 3.8) is 0 Å². The number of hydrogen-bond donors (Lipinski definition) is 1. The zero-order valence-corrected chi connectivity index (χ0v) is 17.7. The van der Waals surface area contributed by atoms with Crippen LogP contribution in [0.1, 0.15) is 24.0 Å². The van der Waals surface area contributed by atoms with Crippen molar-refractivity contribution in [2.24, 2.45) is 0 Å². The maximum atomic E-state index is 11.6. The van der Waals surface area contributed by atoms with Crippen LogP contribution in [0.5, 0.6) is 0 Å². The molecule has 3 aliphatic heterocycles. The Hall–Kier alpha value is -2.65. The Balaban J connectivity index is 1.30. The van der Waals surface area contributed by atoms with E-state index < -0.39 is 11.8 Å². The lowest BCUT2D eigenvalue weighted by Gasteiger charge is -2.47. The van der Waals surface area contributed by atoms with Crippen LogP contribution in [0.2, 0.25) is 0 Å². The van der Waals surface area contributed by atoms with Gasteiger partial charge in [0.1, 0.15) is 5.76 Å². The lowest BCUT2D eigenvalue weighted by molar-refractivity contribution is -0.132. The van der Waals surface area contributed by atoms with Crippen molar-refractivity contribution >= 4 is 29.1 Å². The van der Waals surface area contributed by atoms with Crippen molar-refractivity contribution in [2.75, 3.05) is 36.0 Å². The third kappa shape index (κ3) is 3.22. The van der Waals surface area contributed by atoms with Gasteiger partial charge in [-0.25, -0.2) is 9.59 Å². The number of aliphatic carboxylic acids is 1. The molecule has 2 saturated heterocycles. The summed E-state index contributed by atoms with van der Waals surface area (Å²) in [6.07, 6.45) is 0.472. The third-order valence-electron chi connectivity index (χ3n) is 6.02. The predicted molar refractivity (Wildman–Crippen MR) is 114 cm³/mol. The zero-order chi connectivity index (χ0) is 21.0. The van der Waals surface area contributed by atoms with Crippen LogP contribution in [-0.4, -0.2) is 47.5 Å². The Bertz CT molecular complexity index is 1100. The lowest BCUT2D eigenvalue weighted by atomic mass is 9.98. The van der Waals surface area contributed by atoms with Crippen molar-refractivity contribution in [1.82, 2.24) is 4.90 Å². The van der Waals surface area contributed by atoms with E-state index in [-0.39, 0.29) is 5.37 Å². The van der Waals surface area contributed by atoms with E-state index in [0.29, 0.717) is 30.1 Å². The van der Waals surface area contributed by atoms with Crippen molar-refractivity contribution in [3.8, 4) is 0 Å². The summed E-state index contributed by atoms with van der Waals surface area (Å²) in [6, 6.07) is 6.35. The molecule has 0 spiro atoms. The van der Waals surface area contributed by atoms with Gasteiger partial charge in [0.2, 0.25) is 0 Å². The van der Waals surface area contributed by atoms with Gasteiger partial charge in [0, 0.05) is 44.0 Å². The molecular weight excluding hydrogens is 406 g/mol. The van der Waals surface area contributed by atoms with Crippen LogP contribution in [0.4, 0.5) is 11.4 Å². The monoisotopic (exact) mass is 429 g/mol. The fourth-order valence-electron chi connectivity index (χ4n) is 4.35. The van der Waals surface area contributed by atoms with Crippen LogP contribution >= 0.6 is 11.8 Å². The summed E-state index contributed by atoms with van der Waals surface area (Å²) in [5, 5.41) is 10.7. The van der Waals surface area contributed by atoms with E-state index in [0.717, 1.165) is 48.1 Å². The van der Waals surface area contributed by atoms with E-state index in [9.17, 15) is 14.7 Å². The predicted octanol–water partition coefficient (Wildman–Crippen LogP) is 2.61.